The summed E-state index contributed by atoms with van der Waals surface area (Å²) < 4.78 is 9.34. The summed E-state index contributed by atoms with van der Waals surface area (Å²) in [6, 6.07) is 0. The second kappa shape index (κ2) is 18.3. The van der Waals surface area contributed by atoms with E-state index < -0.39 is 18.2 Å². The molecule has 0 unspecified atom stereocenters. The molecule has 0 fully saturated rings. The van der Waals surface area contributed by atoms with Gasteiger partial charge in [0.15, 0.2) is 0 Å². The van der Waals surface area contributed by atoms with Gasteiger partial charge >= 0.3 is 90.7 Å². The zero-order chi connectivity index (χ0) is 22.0. The topological polar surface area (TPSA) is 52.9 Å². The van der Waals surface area contributed by atoms with Crippen molar-refractivity contribution in [2.45, 2.75) is 125 Å². The molecule has 0 amide bonds. The largest absolute Gasteiger partial charge is 0.662 e. The first kappa shape index (κ1) is 31.9. The molecular formula is C22H50MoN4. The smallest absolute Gasteiger partial charge is 0.0670 e. The molecule has 0 aliphatic carbocycles. The van der Waals surface area contributed by atoms with E-state index in [4.69, 9.17) is 0 Å². The van der Waals surface area contributed by atoms with Crippen LogP contribution in [-0.4, -0.2) is 36.3 Å². The maximum Gasteiger partial charge on any atom is -0.0670 e. The number of hydrogen-bond acceptors (Lipinski definition) is 2. The summed E-state index contributed by atoms with van der Waals surface area (Å²) in [6.45, 7) is 28.9. The molecule has 27 heavy (non-hydrogen) atoms. The molecule has 0 atom stereocenters. The molecule has 0 aromatic carbocycles. The van der Waals surface area contributed by atoms with Gasteiger partial charge in [-0.25, -0.2) is 0 Å². The summed E-state index contributed by atoms with van der Waals surface area (Å²) in [6.07, 6.45) is 4.57. The molecule has 0 bridgehead atoms. The summed E-state index contributed by atoms with van der Waals surface area (Å²) in [5.74, 6) is 0. The summed E-state index contributed by atoms with van der Waals surface area (Å²) in [7, 11) is 0. The Morgan fingerprint density at radius 3 is 1.26 bits per heavy atom. The van der Waals surface area contributed by atoms with Crippen molar-refractivity contribution in [1.82, 2.24) is 0 Å². The van der Waals surface area contributed by atoms with Gasteiger partial charge in [0.1, 0.15) is 0 Å². The summed E-state index contributed by atoms with van der Waals surface area (Å²) in [5.41, 5.74) is 0.473. The fourth-order valence-corrected chi connectivity index (χ4v) is 2.96. The van der Waals surface area contributed by atoms with Gasteiger partial charge in [0.05, 0.1) is 0 Å². The number of nitrogens with zero attached hydrogens (tertiary/aromatic N) is 4. The van der Waals surface area contributed by atoms with Gasteiger partial charge in [-0.1, -0.05) is 54.4 Å². The van der Waals surface area contributed by atoms with Crippen molar-refractivity contribution in [3.8, 4) is 0 Å². The molecule has 0 heterocycles. The predicted octanol–water partition coefficient (Wildman–Crippen LogP) is 8.17. The molecular weight excluding hydrogens is 416 g/mol. The van der Waals surface area contributed by atoms with Gasteiger partial charge in [0.25, 0.3) is 0 Å². The van der Waals surface area contributed by atoms with E-state index in [0.29, 0.717) is 0 Å². The Labute approximate surface area is 180 Å². The van der Waals surface area contributed by atoms with Crippen LogP contribution < -0.4 is 0 Å². The van der Waals surface area contributed by atoms with Crippen LogP contribution in [0.15, 0.2) is 6.99 Å². The third kappa shape index (κ3) is 31.1. The van der Waals surface area contributed by atoms with E-state index in [2.05, 4.69) is 101 Å². The first-order chi connectivity index (χ1) is 12.3. The molecule has 0 saturated heterocycles. The standard InChI is InChI=1S/C7H16N.2C5H11N.C5H12N.Mo/c1-5-6-8-7(2,3)4;2*1-4-5(2,3)6;1-3-5-6-4-2;/h5-6H2,1-4H3;2*4H2,1-3H3;3-5H2,1-2H3;/q-1;;;-1;+2. The second-order valence-electron chi connectivity index (χ2n) is 8.91. The zero-order valence-electron chi connectivity index (χ0n) is 20.6. The van der Waals surface area contributed by atoms with Crippen molar-refractivity contribution < 1.29 is 18.2 Å². The van der Waals surface area contributed by atoms with Crippen LogP contribution >= 0.6 is 0 Å². The van der Waals surface area contributed by atoms with E-state index >= 15 is 0 Å². The van der Waals surface area contributed by atoms with E-state index in [9.17, 15) is 0 Å². The Morgan fingerprint density at radius 2 is 1.07 bits per heavy atom. The van der Waals surface area contributed by atoms with Gasteiger partial charge < -0.3 is 10.6 Å². The minimum absolute atomic E-state index is 0.148. The number of rotatable bonds is 9. The minimum atomic E-state index is -0.492. The van der Waals surface area contributed by atoms with Crippen molar-refractivity contribution >= 4 is 0 Å². The van der Waals surface area contributed by atoms with Gasteiger partial charge in [0, 0.05) is 0 Å². The molecule has 0 N–H and O–H groups in total. The maximum absolute atomic E-state index is 4.67. The monoisotopic (exact) mass is 468 g/mol. The summed E-state index contributed by atoms with van der Waals surface area (Å²) in [4.78, 5) is 0. The average Bonchev–Trinajstić information content (AvgIpc) is 2.58. The molecule has 0 rings (SSSR count). The minimum Gasteiger partial charge on any atom is -0.662 e. The molecule has 0 aliphatic heterocycles. The van der Waals surface area contributed by atoms with E-state index in [1.807, 2.05) is 0 Å². The van der Waals surface area contributed by atoms with Crippen molar-refractivity contribution in [3.63, 3.8) is 0 Å². The molecule has 0 spiro atoms. The zero-order valence-corrected chi connectivity index (χ0v) is 22.7. The van der Waals surface area contributed by atoms with Crippen LogP contribution in [0.3, 0.4) is 0 Å². The molecule has 0 aromatic rings. The van der Waals surface area contributed by atoms with E-state index in [0.717, 1.165) is 38.9 Å². The first-order valence-electron chi connectivity index (χ1n) is 10.7. The fourth-order valence-electron chi connectivity index (χ4n) is 1.13. The number of hydrogen-bond donors (Lipinski definition) is 0. The van der Waals surface area contributed by atoms with E-state index in [-0.39, 0.29) is 16.6 Å². The van der Waals surface area contributed by atoms with Gasteiger partial charge in [0.2, 0.25) is 0 Å². The SMILES string of the molecule is CCC(C)(C)[N]=[Mo+2]=[N]C(C)(C)CC.CCC[N-]C(C)(C)C.CCC[N-]CC. The fraction of sp³-hybridized carbons (Fsp3) is 1.00. The Bertz CT molecular complexity index is 354. The molecule has 0 aromatic heterocycles. The average molecular weight is 467 g/mol. The van der Waals surface area contributed by atoms with Crippen molar-refractivity contribution in [1.29, 1.82) is 0 Å². The quantitative estimate of drug-likeness (QED) is 0.243. The normalized spacial score (nSPS) is 11.4. The molecule has 0 saturated carbocycles. The van der Waals surface area contributed by atoms with Gasteiger partial charge in [-0.3, -0.25) is 0 Å². The first-order valence-corrected chi connectivity index (χ1v) is 12.5. The van der Waals surface area contributed by atoms with Gasteiger partial charge in [-0.05, 0) is 0 Å². The molecule has 164 valence electrons. The third-order valence-electron chi connectivity index (χ3n) is 3.72. The van der Waals surface area contributed by atoms with Crippen LogP contribution in [-0.2, 0) is 18.2 Å². The molecule has 0 radical (unpaired) electrons. The van der Waals surface area contributed by atoms with Crippen LogP contribution in [0.5, 0.6) is 0 Å². The maximum atomic E-state index is 4.67. The van der Waals surface area contributed by atoms with Crippen molar-refractivity contribution in [2.24, 2.45) is 6.99 Å². The predicted molar refractivity (Wildman–Crippen MR) is 121 cm³/mol. The van der Waals surface area contributed by atoms with Crippen LogP contribution in [0.4, 0.5) is 0 Å². The van der Waals surface area contributed by atoms with Crippen LogP contribution in [0.1, 0.15) is 109 Å². The Kier molecular flexibility index (Phi) is 21.6. The third-order valence-corrected chi connectivity index (χ3v) is 6.55. The van der Waals surface area contributed by atoms with Crippen molar-refractivity contribution in [2.75, 3.05) is 19.6 Å². The van der Waals surface area contributed by atoms with Crippen LogP contribution in [0.25, 0.3) is 10.6 Å². The van der Waals surface area contributed by atoms with Crippen molar-refractivity contribution in [3.05, 3.63) is 10.6 Å². The van der Waals surface area contributed by atoms with Crippen LogP contribution in [0.2, 0.25) is 0 Å². The Hall–Kier alpha value is 0.208. The molecule has 5 heteroatoms. The van der Waals surface area contributed by atoms with Gasteiger partial charge in [-0.2, -0.15) is 6.54 Å². The molecule has 4 nitrogen and oxygen atoms in total. The van der Waals surface area contributed by atoms with Crippen LogP contribution in [0, 0.1) is 0 Å². The Morgan fingerprint density at radius 1 is 0.667 bits per heavy atom. The Balaban J connectivity index is -0.000000351. The molecule has 0 aliphatic rings. The summed E-state index contributed by atoms with van der Waals surface area (Å²) in [5, 5.41) is 8.47. The second-order valence-corrected chi connectivity index (χ2v) is 10.2. The summed E-state index contributed by atoms with van der Waals surface area (Å²) >= 11 is -0.492. The van der Waals surface area contributed by atoms with E-state index in [1.54, 1.807) is 0 Å². The van der Waals surface area contributed by atoms with Gasteiger partial charge in [-0.15, -0.1) is 18.6 Å². The van der Waals surface area contributed by atoms with E-state index in [1.165, 1.54) is 6.42 Å².